The first-order chi connectivity index (χ1) is 8.12. The molecule has 1 aromatic rings. The number of ether oxygens (including phenoxy) is 1. The Labute approximate surface area is 101 Å². The molecule has 1 heterocycles. The van der Waals surface area contributed by atoms with E-state index in [2.05, 4.69) is 0 Å². The molecular formula is C9H13ClN2O5. The maximum absolute atomic E-state index is 11.4. The van der Waals surface area contributed by atoms with Crippen molar-refractivity contribution in [3.05, 3.63) is 33.1 Å². The van der Waals surface area contributed by atoms with Crippen LogP contribution in [0.3, 0.4) is 0 Å². The van der Waals surface area contributed by atoms with Crippen molar-refractivity contribution >= 4 is 11.6 Å². The zero-order valence-corrected chi connectivity index (χ0v) is 9.63. The summed E-state index contributed by atoms with van der Waals surface area (Å²) in [6, 6.07) is 1.13. The second kappa shape index (κ2) is 6.55. The lowest BCUT2D eigenvalue weighted by molar-refractivity contribution is -0.0894. The summed E-state index contributed by atoms with van der Waals surface area (Å²) >= 11 is 5.51. The van der Waals surface area contributed by atoms with Crippen molar-refractivity contribution in [1.82, 2.24) is 9.55 Å². The number of alkyl halides is 1. The molecule has 3 N–H and O–H groups in total. The number of aliphatic hydroxyl groups is 2. The van der Waals surface area contributed by atoms with Gasteiger partial charge in [-0.25, -0.2) is 4.79 Å². The molecule has 0 unspecified atom stereocenters. The van der Waals surface area contributed by atoms with Crippen LogP contribution in [0.5, 0.6) is 0 Å². The van der Waals surface area contributed by atoms with Crippen molar-refractivity contribution in [3.8, 4) is 0 Å². The Morgan fingerprint density at radius 3 is 2.59 bits per heavy atom. The first-order valence-corrected chi connectivity index (χ1v) is 5.40. The SMILES string of the molecule is O=c1ccn([C@@H](CO)O[C@@H](CO)CCl)c(=O)[nH]1. The van der Waals surface area contributed by atoms with Crippen molar-refractivity contribution in [2.24, 2.45) is 0 Å². The van der Waals surface area contributed by atoms with Crippen LogP contribution < -0.4 is 11.2 Å². The predicted octanol–water partition coefficient (Wildman–Crippen LogP) is -1.36. The van der Waals surface area contributed by atoms with E-state index < -0.39 is 30.2 Å². The first-order valence-electron chi connectivity index (χ1n) is 4.87. The number of aromatic amines is 1. The number of rotatable bonds is 6. The summed E-state index contributed by atoms with van der Waals surface area (Å²) in [5.74, 6) is 0.0190. The van der Waals surface area contributed by atoms with Gasteiger partial charge in [0.2, 0.25) is 0 Å². The van der Waals surface area contributed by atoms with Gasteiger partial charge >= 0.3 is 5.69 Å². The molecule has 0 saturated carbocycles. The van der Waals surface area contributed by atoms with Gasteiger partial charge in [0, 0.05) is 12.3 Å². The van der Waals surface area contributed by atoms with Crippen LogP contribution in [0.4, 0.5) is 0 Å². The Balaban J connectivity index is 2.93. The number of halogens is 1. The van der Waals surface area contributed by atoms with E-state index in [4.69, 9.17) is 26.6 Å². The topological polar surface area (TPSA) is 105 Å². The van der Waals surface area contributed by atoms with Gasteiger partial charge in [0.15, 0.2) is 6.23 Å². The molecule has 2 atom stereocenters. The van der Waals surface area contributed by atoms with Crippen LogP contribution in [0.25, 0.3) is 0 Å². The second-order valence-electron chi connectivity index (χ2n) is 3.25. The van der Waals surface area contributed by atoms with E-state index in [9.17, 15) is 9.59 Å². The Hall–Kier alpha value is -1.15. The van der Waals surface area contributed by atoms with Crippen LogP contribution in [-0.4, -0.2) is 45.0 Å². The van der Waals surface area contributed by atoms with Crippen molar-refractivity contribution in [2.45, 2.75) is 12.3 Å². The van der Waals surface area contributed by atoms with E-state index in [-0.39, 0.29) is 12.5 Å². The summed E-state index contributed by atoms with van der Waals surface area (Å²) in [4.78, 5) is 24.3. The summed E-state index contributed by atoms with van der Waals surface area (Å²) in [5, 5.41) is 18.0. The van der Waals surface area contributed by atoms with Crippen molar-refractivity contribution in [2.75, 3.05) is 19.1 Å². The lowest BCUT2D eigenvalue weighted by atomic mass is 10.4. The molecule has 0 aliphatic heterocycles. The maximum Gasteiger partial charge on any atom is 0.330 e. The van der Waals surface area contributed by atoms with Gasteiger partial charge in [0.25, 0.3) is 5.56 Å². The molecule has 0 spiro atoms. The molecular weight excluding hydrogens is 252 g/mol. The molecule has 96 valence electrons. The molecule has 0 radical (unpaired) electrons. The molecule has 1 rings (SSSR count). The Morgan fingerprint density at radius 1 is 1.41 bits per heavy atom. The zero-order chi connectivity index (χ0) is 12.8. The fourth-order valence-electron chi connectivity index (χ4n) is 1.20. The fourth-order valence-corrected chi connectivity index (χ4v) is 1.37. The van der Waals surface area contributed by atoms with Crippen LogP contribution in [0.1, 0.15) is 6.23 Å². The minimum absolute atomic E-state index is 0.0190. The lowest BCUT2D eigenvalue weighted by Gasteiger charge is -2.22. The zero-order valence-electron chi connectivity index (χ0n) is 8.88. The Kier molecular flexibility index (Phi) is 5.36. The van der Waals surface area contributed by atoms with E-state index in [1.54, 1.807) is 0 Å². The van der Waals surface area contributed by atoms with Crippen molar-refractivity contribution in [3.63, 3.8) is 0 Å². The van der Waals surface area contributed by atoms with Gasteiger partial charge in [-0.15, -0.1) is 11.6 Å². The van der Waals surface area contributed by atoms with E-state index in [1.807, 2.05) is 4.98 Å². The minimum atomic E-state index is -1.00. The molecule has 1 aromatic heterocycles. The molecule has 0 fully saturated rings. The summed E-state index contributed by atoms with van der Waals surface area (Å²) in [7, 11) is 0. The normalized spacial score (nSPS) is 14.5. The third-order valence-corrected chi connectivity index (χ3v) is 2.39. The van der Waals surface area contributed by atoms with E-state index in [0.717, 1.165) is 10.6 Å². The fraction of sp³-hybridized carbons (Fsp3) is 0.556. The van der Waals surface area contributed by atoms with Gasteiger partial charge in [-0.3, -0.25) is 14.3 Å². The molecule has 0 aromatic carbocycles. The predicted molar refractivity (Wildman–Crippen MR) is 60.1 cm³/mol. The molecule has 0 aliphatic carbocycles. The van der Waals surface area contributed by atoms with Gasteiger partial charge in [0.05, 0.1) is 25.2 Å². The molecule has 17 heavy (non-hydrogen) atoms. The maximum atomic E-state index is 11.4. The Morgan fingerprint density at radius 2 is 2.12 bits per heavy atom. The monoisotopic (exact) mass is 264 g/mol. The summed E-state index contributed by atoms with van der Waals surface area (Å²) in [6.45, 7) is -0.822. The minimum Gasteiger partial charge on any atom is -0.394 e. The number of H-pyrrole nitrogens is 1. The van der Waals surface area contributed by atoms with Crippen LogP contribution >= 0.6 is 11.6 Å². The van der Waals surface area contributed by atoms with Gasteiger partial charge in [-0.1, -0.05) is 0 Å². The number of aliphatic hydroxyl groups excluding tert-OH is 2. The standard InChI is InChI=1S/C9H13ClN2O5/c10-3-6(4-13)17-8(5-14)12-2-1-7(15)11-9(12)16/h1-2,6,8,13-14H,3-5H2,(H,11,15,16)/t6-,8-/m1/s1. The number of nitrogens with one attached hydrogen (secondary N) is 1. The average molecular weight is 265 g/mol. The van der Waals surface area contributed by atoms with Gasteiger partial charge in [-0.05, 0) is 0 Å². The van der Waals surface area contributed by atoms with Gasteiger partial charge in [0.1, 0.15) is 0 Å². The number of nitrogens with zero attached hydrogens (tertiary/aromatic N) is 1. The summed E-state index contributed by atoms with van der Waals surface area (Å²) in [6.07, 6.45) is -0.507. The molecule has 0 amide bonds. The van der Waals surface area contributed by atoms with E-state index in [1.165, 1.54) is 6.20 Å². The van der Waals surface area contributed by atoms with Crippen LogP contribution in [0.15, 0.2) is 21.9 Å². The van der Waals surface area contributed by atoms with Crippen LogP contribution in [0, 0.1) is 0 Å². The third kappa shape index (κ3) is 3.67. The summed E-state index contributed by atoms with van der Waals surface area (Å²) < 4.78 is 6.22. The average Bonchev–Trinajstić information content (AvgIpc) is 2.32. The Bertz CT molecular complexity index is 453. The highest BCUT2D eigenvalue weighted by Crippen LogP contribution is 2.08. The van der Waals surface area contributed by atoms with Gasteiger partial charge in [-0.2, -0.15) is 0 Å². The second-order valence-corrected chi connectivity index (χ2v) is 3.56. The highest BCUT2D eigenvalue weighted by molar-refractivity contribution is 6.18. The smallest absolute Gasteiger partial charge is 0.330 e. The van der Waals surface area contributed by atoms with E-state index >= 15 is 0 Å². The molecule has 0 saturated heterocycles. The molecule has 0 bridgehead atoms. The third-order valence-electron chi connectivity index (χ3n) is 2.04. The van der Waals surface area contributed by atoms with Crippen LogP contribution in [0.2, 0.25) is 0 Å². The highest BCUT2D eigenvalue weighted by Gasteiger charge is 2.17. The highest BCUT2D eigenvalue weighted by atomic mass is 35.5. The number of aromatic nitrogens is 2. The summed E-state index contributed by atoms with van der Waals surface area (Å²) in [5.41, 5.74) is -1.25. The van der Waals surface area contributed by atoms with Crippen molar-refractivity contribution in [1.29, 1.82) is 0 Å². The van der Waals surface area contributed by atoms with Gasteiger partial charge < -0.3 is 14.9 Å². The first kappa shape index (κ1) is 13.9. The lowest BCUT2D eigenvalue weighted by Crippen LogP contribution is -2.36. The quantitative estimate of drug-likeness (QED) is 0.551. The molecule has 7 nitrogen and oxygen atoms in total. The largest absolute Gasteiger partial charge is 0.394 e. The van der Waals surface area contributed by atoms with E-state index in [0.29, 0.717) is 0 Å². The molecule has 8 heteroatoms. The van der Waals surface area contributed by atoms with Crippen molar-refractivity contribution < 1.29 is 14.9 Å². The van der Waals surface area contributed by atoms with Crippen LogP contribution in [-0.2, 0) is 4.74 Å². The molecule has 0 aliphatic rings. The number of hydrogen-bond acceptors (Lipinski definition) is 5. The number of hydrogen-bond donors (Lipinski definition) is 3.